The summed E-state index contributed by atoms with van der Waals surface area (Å²) in [5.41, 5.74) is 2.34. The molecule has 0 aromatic heterocycles. The zero-order chi connectivity index (χ0) is 12.1. The lowest BCUT2D eigenvalue weighted by atomic mass is 9.99. The van der Waals surface area contributed by atoms with Gasteiger partial charge in [-0.15, -0.1) is 0 Å². The van der Waals surface area contributed by atoms with E-state index in [2.05, 4.69) is 30.9 Å². The first-order chi connectivity index (χ1) is 7.50. The second kappa shape index (κ2) is 6.02. The van der Waals surface area contributed by atoms with E-state index in [-0.39, 0.29) is 6.10 Å². The van der Waals surface area contributed by atoms with Gasteiger partial charge in [-0.05, 0) is 37.6 Å². The van der Waals surface area contributed by atoms with Gasteiger partial charge in [0.15, 0.2) is 0 Å². The normalized spacial score (nSPS) is 13.4. The summed E-state index contributed by atoms with van der Waals surface area (Å²) in [5.74, 6) is 0.549. The molecule has 0 aliphatic rings. The fourth-order valence-corrected chi connectivity index (χ4v) is 1.65. The SMILES string of the molecule is CC(C)c1ccc(C(O)CCN(C)C)cc1. The van der Waals surface area contributed by atoms with E-state index in [0.717, 1.165) is 18.5 Å². The summed E-state index contributed by atoms with van der Waals surface area (Å²) in [7, 11) is 4.04. The predicted molar refractivity (Wildman–Crippen MR) is 68.7 cm³/mol. The van der Waals surface area contributed by atoms with Gasteiger partial charge in [0, 0.05) is 6.54 Å². The molecule has 1 atom stereocenters. The molecule has 1 unspecified atom stereocenters. The Kier molecular flexibility index (Phi) is 4.97. The molecule has 0 spiro atoms. The third-order valence-corrected chi connectivity index (χ3v) is 2.84. The zero-order valence-electron chi connectivity index (χ0n) is 10.8. The van der Waals surface area contributed by atoms with Crippen LogP contribution in [0.1, 0.15) is 43.4 Å². The van der Waals surface area contributed by atoms with Crippen molar-refractivity contribution in [1.29, 1.82) is 0 Å². The Labute approximate surface area is 98.9 Å². The van der Waals surface area contributed by atoms with Gasteiger partial charge < -0.3 is 10.0 Å². The summed E-state index contributed by atoms with van der Waals surface area (Å²) in [5, 5.41) is 9.97. The van der Waals surface area contributed by atoms with Crippen LogP contribution in [-0.4, -0.2) is 30.6 Å². The Morgan fingerprint density at radius 3 is 2.00 bits per heavy atom. The van der Waals surface area contributed by atoms with Crippen LogP contribution in [0.4, 0.5) is 0 Å². The van der Waals surface area contributed by atoms with Crippen LogP contribution >= 0.6 is 0 Å². The van der Waals surface area contributed by atoms with E-state index in [4.69, 9.17) is 0 Å². The molecule has 0 saturated carbocycles. The van der Waals surface area contributed by atoms with Crippen LogP contribution in [0.15, 0.2) is 24.3 Å². The van der Waals surface area contributed by atoms with Gasteiger partial charge in [0.25, 0.3) is 0 Å². The van der Waals surface area contributed by atoms with Crippen molar-refractivity contribution in [1.82, 2.24) is 4.90 Å². The van der Waals surface area contributed by atoms with Gasteiger partial charge >= 0.3 is 0 Å². The highest BCUT2D eigenvalue weighted by molar-refractivity contribution is 5.26. The first kappa shape index (κ1) is 13.2. The molecule has 0 bridgehead atoms. The van der Waals surface area contributed by atoms with Gasteiger partial charge in [0.2, 0.25) is 0 Å². The summed E-state index contributed by atoms with van der Waals surface area (Å²) >= 11 is 0. The van der Waals surface area contributed by atoms with Crippen molar-refractivity contribution in [3.63, 3.8) is 0 Å². The maximum absolute atomic E-state index is 9.97. The summed E-state index contributed by atoms with van der Waals surface area (Å²) in [6.45, 7) is 5.27. The molecule has 1 rings (SSSR count). The number of hydrogen-bond donors (Lipinski definition) is 1. The first-order valence-electron chi connectivity index (χ1n) is 5.93. The Bertz CT molecular complexity index is 303. The standard InChI is InChI=1S/C14H23NO/c1-11(2)12-5-7-13(8-6-12)14(16)9-10-15(3)4/h5-8,11,14,16H,9-10H2,1-4H3. The quantitative estimate of drug-likeness (QED) is 0.826. The van der Waals surface area contributed by atoms with Gasteiger partial charge in [-0.1, -0.05) is 38.1 Å². The molecule has 0 amide bonds. The van der Waals surface area contributed by atoms with Crippen molar-refractivity contribution >= 4 is 0 Å². The molecule has 0 fully saturated rings. The molecule has 90 valence electrons. The van der Waals surface area contributed by atoms with E-state index >= 15 is 0 Å². The number of rotatable bonds is 5. The third kappa shape index (κ3) is 3.95. The van der Waals surface area contributed by atoms with Gasteiger partial charge in [0.1, 0.15) is 0 Å². The number of benzene rings is 1. The molecule has 1 aromatic rings. The highest BCUT2D eigenvalue weighted by atomic mass is 16.3. The summed E-state index contributed by atoms with van der Waals surface area (Å²) in [6.07, 6.45) is 0.442. The third-order valence-electron chi connectivity index (χ3n) is 2.84. The molecule has 0 saturated heterocycles. The largest absolute Gasteiger partial charge is 0.388 e. The van der Waals surface area contributed by atoms with Crippen molar-refractivity contribution in [2.45, 2.75) is 32.3 Å². The summed E-state index contributed by atoms with van der Waals surface area (Å²) in [4.78, 5) is 2.09. The van der Waals surface area contributed by atoms with E-state index in [9.17, 15) is 5.11 Å². The van der Waals surface area contributed by atoms with E-state index in [1.165, 1.54) is 5.56 Å². The van der Waals surface area contributed by atoms with Gasteiger partial charge in [-0.3, -0.25) is 0 Å². The maximum atomic E-state index is 9.97. The van der Waals surface area contributed by atoms with E-state index < -0.39 is 0 Å². The Morgan fingerprint density at radius 2 is 1.56 bits per heavy atom. The summed E-state index contributed by atoms with van der Waals surface area (Å²) < 4.78 is 0. The van der Waals surface area contributed by atoms with E-state index in [0.29, 0.717) is 5.92 Å². The molecule has 0 heterocycles. The van der Waals surface area contributed by atoms with Gasteiger partial charge in [-0.25, -0.2) is 0 Å². The second-order valence-corrected chi connectivity index (χ2v) is 4.93. The Hall–Kier alpha value is -0.860. The highest BCUT2D eigenvalue weighted by Gasteiger charge is 2.08. The fraction of sp³-hybridized carbons (Fsp3) is 0.571. The van der Waals surface area contributed by atoms with Crippen LogP contribution in [0.25, 0.3) is 0 Å². The minimum Gasteiger partial charge on any atom is -0.388 e. The number of hydrogen-bond acceptors (Lipinski definition) is 2. The molecule has 0 aliphatic heterocycles. The molecular weight excluding hydrogens is 198 g/mol. The molecule has 1 N–H and O–H groups in total. The molecular formula is C14H23NO. The summed E-state index contributed by atoms with van der Waals surface area (Å²) in [6, 6.07) is 8.29. The highest BCUT2D eigenvalue weighted by Crippen LogP contribution is 2.20. The molecule has 1 aromatic carbocycles. The molecule has 0 radical (unpaired) electrons. The smallest absolute Gasteiger partial charge is 0.0802 e. The monoisotopic (exact) mass is 221 g/mol. The lowest BCUT2D eigenvalue weighted by molar-refractivity contribution is 0.154. The molecule has 16 heavy (non-hydrogen) atoms. The van der Waals surface area contributed by atoms with Crippen LogP contribution in [0.2, 0.25) is 0 Å². The lowest BCUT2D eigenvalue weighted by Gasteiger charge is -2.15. The van der Waals surface area contributed by atoms with E-state index in [1.807, 2.05) is 26.2 Å². The van der Waals surface area contributed by atoms with Crippen molar-refractivity contribution in [2.75, 3.05) is 20.6 Å². The van der Waals surface area contributed by atoms with Crippen molar-refractivity contribution in [3.8, 4) is 0 Å². The Balaban J connectivity index is 2.59. The van der Waals surface area contributed by atoms with E-state index in [1.54, 1.807) is 0 Å². The van der Waals surface area contributed by atoms with Crippen LogP contribution < -0.4 is 0 Å². The topological polar surface area (TPSA) is 23.5 Å². The molecule has 2 heteroatoms. The van der Waals surface area contributed by atoms with Crippen molar-refractivity contribution < 1.29 is 5.11 Å². The van der Waals surface area contributed by atoms with Crippen molar-refractivity contribution in [2.24, 2.45) is 0 Å². The molecule has 0 aliphatic carbocycles. The minimum atomic E-state index is -0.344. The Morgan fingerprint density at radius 1 is 1.06 bits per heavy atom. The van der Waals surface area contributed by atoms with Crippen LogP contribution in [-0.2, 0) is 0 Å². The predicted octanol–water partition coefficient (Wildman–Crippen LogP) is 2.80. The maximum Gasteiger partial charge on any atom is 0.0802 e. The second-order valence-electron chi connectivity index (χ2n) is 4.93. The minimum absolute atomic E-state index is 0.344. The number of aliphatic hydroxyl groups is 1. The van der Waals surface area contributed by atoms with Crippen LogP contribution in [0, 0.1) is 0 Å². The zero-order valence-corrected chi connectivity index (χ0v) is 10.8. The number of aliphatic hydroxyl groups excluding tert-OH is 1. The first-order valence-corrected chi connectivity index (χ1v) is 5.93. The van der Waals surface area contributed by atoms with Crippen LogP contribution in [0.3, 0.4) is 0 Å². The lowest BCUT2D eigenvalue weighted by Crippen LogP contribution is -2.15. The van der Waals surface area contributed by atoms with Crippen LogP contribution in [0.5, 0.6) is 0 Å². The number of nitrogens with zero attached hydrogens (tertiary/aromatic N) is 1. The van der Waals surface area contributed by atoms with Crippen molar-refractivity contribution in [3.05, 3.63) is 35.4 Å². The average molecular weight is 221 g/mol. The fourth-order valence-electron chi connectivity index (χ4n) is 1.65. The van der Waals surface area contributed by atoms with Gasteiger partial charge in [0.05, 0.1) is 6.10 Å². The average Bonchev–Trinajstić information content (AvgIpc) is 2.26. The molecule has 2 nitrogen and oxygen atoms in total. The van der Waals surface area contributed by atoms with Gasteiger partial charge in [-0.2, -0.15) is 0 Å².